The first kappa shape index (κ1) is 11.1. The zero-order valence-electron chi connectivity index (χ0n) is 9.27. The van der Waals surface area contributed by atoms with E-state index >= 15 is 0 Å². The molecule has 2 rings (SSSR count). The van der Waals surface area contributed by atoms with Crippen molar-refractivity contribution in [2.75, 3.05) is 25.0 Å². The van der Waals surface area contributed by atoms with E-state index < -0.39 is 0 Å². The van der Waals surface area contributed by atoms with Gasteiger partial charge in [0.25, 0.3) is 0 Å². The van der Waals surface area contributed by atoms with E-state index in [9.17, 15) is 4.79 Å². The van der Waals surface area contributed by atoms with E-state index in [0.717, 1.165) is 19.5 Å². The minimum Gasteiger partial charge on any atom is -0.360 e. The summed E-state index contributed by atoms with van der Waals surface area (Å²) in [5.41, 5.74) is 5.76. The lowest BCUT2D eigenvalue weighted by Crippen LogP contribution is -2.33. The molecule has 1 unspecified atom stereocenters. The monoisotopic (exact) mass is 224 g/mol. The Kier molecular flexibility index (Phi) is 3.21. The van der Waals surface area contributed by atoms with E-state index in [1.54, 1.807) is 13.0 Å². The summed E-state index contributed by atoms with van der Waals surface area (Å²) in [5, 5.41) is 6.37. The molecule has 0 spiro atoms. The molecular weight excluding hydrogens is 208 g/mol. The maximum absolute atomic E-state index is 11.6. The maximum Gasteiger partial charge on any atom is 0.239 e. The Labute approximate surface area is 93.8 Å². The first-order chi connectivity index (χ1) is 7.63. The van der Waals surface area contributed by atoms with Gasteiger partial charge >= 0.3 is 0 Å². The molecule has 6 nitrogen and oxygen atoms in total. The summed E-state index contributed by atoms with van der Waals surface area (Å²) in [4.78, 5) is 13.6. The van der Waals surface area contributed by atoms with Gasteiger partial charge in [0.1, 0.15) is 5.76 Å². The van der Waals surface area contributed by atoms with E-state index in [2.05, 4.69) is 10.5 Å². The third kappa shape index (κ3) is 2.80. The predicted molar refractivity (Wildman–Crippen MR) is 58.9 cm³/mol. The van der Waals surface area contributed by atoms with Crippen molar-refractivity contribution in [3.05, 3.63) is 11.8 Å². The fraction of sp³-hybridized carbons (Fsp3) is 0.600. The van der Waals surface area contributed by atoms with Crippen LogP contribution in [0.4, 0.5) is 5.82 Å². The van der Waals surface area contributed by atoms with Gasteiger partial charge in [-0.15, -0.1) is 0 Å². The molecule has 16 heavy (non-hydrogen) atoms. The minimum atomic E-state index is -0.0811. The number of nitrogens with two attached hydrogens (primary N) is 1. The third-order valence-electron chi connectivity index (χ3n) is 2.57. The van der Waals surface area contributed by atoms with E-state index in [-0.39, 0.29) is 11.9 Å². The summed E-state index contributed by atoms with van der Waals surface area (Å²) in [7, 11) is 0. The normalized spacial score (nSPS) is 21.2. The minimum absolute atomic E-state index is 0.0811. The molecule has 1 saturated heterocycles. The Balaban J connectivity index is 1.80. The van der Waals surface area contributed by atoms with Crippen LogP contribution < -0.4 is 11.1 Å². The van der Waals surface area contributed by atoms with Crippen LogP contribution in [-0.2, 0) is 4.79 Å². The molecule has 1 aliphatic heterocycles. The van der Waals surface area contributed by atoms with Crippen LogP contribution >= 0.6 is 0 Å². The molecule has 1 aromatic heterocycles. The molecule has 0 aliphatic carbocycles. The topological polar surface area (TPSA) is 84.4 Å². The maximum atomic E-state index is 11.6. The van der Waals surface area contributed by atoms with Crippen LogP contribution in [-0.4, -0.2) is 41.6 Å². The first-order valence-corrected chi connectivity index (χ1v) is 5.34. The molecule has 88 valence electrons. The lowest BCUT2D eigenvalue weighted by Gasteiger charge is -2.13. The Morgan fingerprint density at radius 3 is 3.19 bits per heavy atom. The molecule has 6 heteroatoms. The molecule has 0 saturated carbocycles. The summed E-state index contributed by atoms with van der Waals surface area (Å²) in [6, 6.07) is 1.88. The number of aromatic nitrogens is 1. The first-order valence-electron chi connectivity index (χ1n) is 5.34. The lowest BCUT2D eigenvalue weighted by molar-refractivity contribution is -0.117. The van der Waals surface area contributed by atoms with E-state index in [1.807, 2.05) is 4.90 Å². The summed E-state index contributed by atoms with van der Waals surface area (Å²) in [6.07, 6.45) is 0.955. The van der Waals surface area contributed by atoms with Gasteiger partial charge in [-0.1, -0.05) is 5.16 Å². The van der Waals surface area contributed by atoms with Crippen LogP contribution in [0.15, 0.2) is 10.6 Å². The Hall–Kier alpha value is -1.40. The number of carbonyl (C=O) groups is 1. The number of carbonyl (C=O) groups excluding carboxylic acids is 1. The van der Waals surface area contributed by atoms with E-state index in [1.165, 1.54) is 0 Å². The van der Waals surface area contributed by atoms with Crippen molar-refractivity contribution in [2.24, 2.45) is 5.73 Å². The van der Waals surface area contributed by atoms with Crippen LogP contribution in [0.5, 0.6) is 0 Å². The van der Waals surface area contributed by atoms with Gasteiger partial charge in [-0.3, -0.25) is 9.69 Å². The molecule has 0 radical (unpaired) electrons. The number of nitrogens with zero attached hydrogens (tertiary/aromatic N) is 2. The highest BCUT2D eigenvalue weighted by Gasteiger charge is 2.21. The van der Waals surface area contributed by atoms with Crippen molar-refractivity contribution in [2.45, 2.75) is 19.4 Å². The van der Waals surface area contributed by atoms with E-state index in [0.29, 0.717) is 18.1 Å². The Morgan fingerprint density at radius 1 is 1.81 bits per heavy atom. The molecule has 1 atom stereocenters. The Morgan fingerprint density at radius 2 is 2.62 bits per heavy atom. The van der Waals surface area contributed by atoms with Gasteiger partial charge in [-0.05, 0) is 13.3 Å². The number of aryl methyl sites for hydroxylation is 1. The highest BCUT2D eigenvalue weighted by atomic mass is 16.5. The van der Waals surface area contributed by atoms with Gasteiger partial charge < -0.3 is 15.6 Å². The van der Waals surface area contributed by atoms with Gasteiger partial charge in [0.05, 0.1) is 6.54 Å². The Bertz CT molecular complexity index is 377. The third-order valence-corrected chi connectivity index (χ3v) is 2.57. The number of rotatable bonds is 3. The standard InChI is InChI=1S/C10H16N4O2/c1-7-4-9(13-16-7)12-10(15)6-14-3-2-8(11)5-14/h4,8H,2-3,5-6,11H2,1H3,(H,12,13,15). The van der Waals surface area contributed by atoms with Gasteiger partial charge in [-0.25, -0.2) is 0 Å². The summed E-state index contributed by atoms with van der Waals surface area (Å²) < 4.78 is 4.85. The van der Waals surface area contributed by atoms with Gasteiger partial charge in [0.2, 0.25) is 5.91 Å². The molecule has 0 aromatic carbocycles. The number of nitrogens with one attached hydrogen (secondary N) is 1. The number of hydrogen-bond donors (Lipinski definition) is 2. The fourth-order valence-electron chi connectivity index (χ4n) is 1.82. The molecule has 0 bridgehead atoms. The smallest absolute Gasteiger partial charge is 0.239 e. The van der Waals surface area contributed by atoms with Crippen molar-refractivity contribution in [1.29, 1.82) is 0 Å². The lowest BCUT2D eigenvalue weighted by atomic mass is 10.3. The van der Waals surface area contributed by atoms with Gasteiger partial charge in [0.15, 0.2) is 5.82 Å². The summed E-state index contributed by atoms with van der Waals surface area (Å²) in [5.74, 6) is 1.06. The van der Waals surface area contributed by atoms with E-state index in [4.69, 9.17) is 10.3 Å². The zero-order valence-corrected chi connectivity index (χ0v) is 9.27. The number of amides is 1. The van der Waals surface area contributed by atoms with Crippen molar-refractivity contribution < 1.29 is 9.32 Å². The second-order valence-corrected chi connectivity index (χ2v) is 4.15. The number of hydrogen-bond acceptors (Lipinski definition) is 5. The average Bonchev–Trinajstić information content (AvgIpc) is 2.76. The van der Waals surface area contributed by atoms with Crippen molar-refractivity contribution in [3.8, 4) is 0 Å². The molecule has 1 amide bonds. The average molecular weight is 224 g/mol. The largest absolute Gasteiger partial charge is 0.360 e. The predicted octanol–water partition coefficient (Wildman–Crippen LogP) is -0.0455. The van der Waals surface area contributed by atoms with Crippen LogP contribution in [0.25, 0.3) is 0 Å². The van der Waals surface area contributed by atoms with Gasteiger partial charge in [-0.2, -0.15) is 0 Å². The highest BCUT2D eigenvalue weighted by Crippen LogP contribution is 2.09. The van der Waals surface area contributed by atoms with Crippen LogP contribution in [0.3, 0.4) is 0 Å². The summed E-state index contributed by atoms with van der Waals surface area (Å²) >= 11 is 0. The van der Waals surface area contributed by atoms with Crippen molar-refractivity contribution in [3.63, 3.8) is 0 Å². The molecule has 1 aromatic rings. The fourth-order valence-corrected chi connectivity index (χ4v) is 1.82. The summed E-state index contributed by atoms with van der Waals surface area (Å²) in [6.45, 7) is 3.81. The SMILES string of the molecule is Cc1cc(NC(=O)CN2CCC(N)C2)no1. The van der Waals surface area contributed by atoms with Gasteiger partial charge in [0, 0.05) is 25.2 Å². The zero-order chi connectivity index (χ0) is 11.5. The van der Waals surface area contributed by atoms with Crippen molar-refractivity contribution >= 4 is 11.7 Å². The molecule has 1 fully saturated rings. The molecule has 1 aliphatic rings. The number of anilines is 1. The molecule has 2 heterocycles. The molecule has 3 N–H and O–H groups in total. The van der Waals surface area contributed by atoms with Crippen LogP contribution in [0, 0.1) is 6.92 Å². The second kappa shape index (κ2) is 4.63. The van der Waals surface area contributed by atoms with Crippen molar-refractivity contribution in [1.82, 2.24) is 10.1 Å². The quantitative estimate of drug-likeness (QED) is 0.752. The highest BCUT2D eigenvalue weighted by molar-refractivity contribution is 5.91. The molecular formula is C10H16N4O2. The number of likely N-dealkylation sites (tertiary alicyclic amines) is 1. The second-order valence-electron chi connectivity index (χ2n) is 4.15. The van der Waals surface area contributed by atoms with Crippen LogP contribution in [0.2, 0.25) is 0 Å². The van der Waals surface area contributed by atoms with Crippen LogP contribution in [0.1, 0.15) is 12.2 Å².